The van der Waals surface area contributed by atoms with Crippen molar-refractivity contribution in [2.45, 2.75) is 51.6 Å². The summed E-state index contributed by atoms with van der Waals surface area (Å²) in [6, 6.07) is 1.78. The molecule has 1 heterocycles. The molecule has 4 heteroatoms. The van der Waals surface area contributed by atoms with Crippen LogP contribution >= 0.6 is 11.6 Å². The van der Waals surface area contributed by atoms with Crippen LogP contribution in [0.5, 0.6) is 0 Å². The van der Waals surface area contributed by atoms with Crippen LogP contribution in [0.25, 0.3) is 0 Å². The highest BCUT2D eigenvalue weighted by molar-refractivity contribution is 6.29. The lowest BCUT2D eigenvalue weighted by molar-refractivity contribution is 0.181. The lowest BCUT2D eigenvalue weighted by Gasteiger charge is -2.26. The summed E-state index contributed by atoms with van der Waals surface area (Å²) < 4.78 is 5.11. The van der Waals surface area contributed by atoms with Crippen LogP contribution in [0.3, 0.4) is 0 Å². The third-order valence-corrected chi connectivity index (χ3v) is 4.04. The average molecular weight is 269 g/mol. The quantitative estimate of drug-likeness (QED) is 0.776. The van der Waals surface area contributed by atoms with E-state index in [1.54, 1.807) is 13.2 Å². The van der Waals surface area contributed by atoms with Crippen LogP contribution in [0.2, 0.25) is 5.15 Å². The Morgan fingerprint density at radius 2 is 2.00 bits per heavy atom. The van der Waals surface area contributed by atoms with Gasteiger partial charge in [0.2, 0.25) is 0 Å². The molecule has 0 aliphatic heterocycles. The molecule has 100 valence electrons. The van der Waals surface area contributed by atoms with Gasteiger partial charge >= 0.3 is 0 Å². The fourth-order valence-electron chi connectivity index (χ4n) is 2.72. The molecule has 3 nitrogen and oxygen atoms in total. The van der Waals surface area contributed by atoms with Crippen LogP contribution in [0.15, 0.2) is 6.07 Å². The maximum atomic E-state index is 6.05. The van der Waals surface area contributed by atoms with Crippen LogP contribution in [0.4, 0.5) is 0 Å². The smallest absolute Gasteiger partial charge is 0.133 e. The molecule has 0 aromatic carbocycles. The topological polar surface area (TPSA) is 35.0 Å². The number of rotatable bonds is 4. The summed E-state index contributed by atoms with van der Waals surface area (Å²) in [4.78, 5) is 8.97. The number of ether oxygens (including phenoxy) is 1. The second kappa shape index (κ2) is 6.48. The summed E-state index contributed by atoms with van der Waals surface area (Å²) in [5.41, 5.74) is 0.880. The molecule has 0 saturated heterocycles. The largest absolute Gasteiger partial charge is 0.378 e. The summed E-state index contributed by atoms with van der Waals surface area (Å²) in [5.74, 6) is 2.27. The molecule has 1 aliphatic carbocycles. The predicted molar refractivity (Wildman–Crippen MR) is 72.7 cm³/mol. The van der Waals surface area contributed by atoms with Crippen molar-refractivity contribution in [3.8, 4) is 0 Å². The minimum atomic E-state index is 0.474. The van der Waals surface area contributed by atoms with Gasteiger partial charge in [-0.2, -0.15) is 0 Å². The molecule has 0 spiro atoms. The van der Waals surface area contributed by atoms with E-state index < -0.39 is 0 Å². The first kappa shape index (κ1) is 13.8. The molecule has 1 saturated carbocycles. The molecular weight excluding hydrogens is 248 g/mol. The highest BCUT2D eigenvalue weighted by Gasteiger charge is 2.23. The summed E-state index contributed by atoms with van der Waals surface area (Å²) in [7, 11) is 1.67. The maximum absolute atomic E-state index is 6.05. The van der Waals surface area contributed by atoms with Crippen molar-refractivity contribution in [1.82, 2.24) is 9.97 Å². The van der Waals surface area contributed by atoms with Gasteiger partial charge in [-0.15, -0.1) is 0 Å². The molecule has 0 N–H and O–H groups in total. The standard InChI is InChI=1S/C14H21ClN2O/c1-3-10-4-6-11(7-5-10)14-16-12(9-18-2)8-13(15)17-14/h8,10-11H,3-7,9H2,1-2H3. The molecule has 0 atom stereocenters. The van der Waals surface area contributed by atoms with Gasteiger partial charge < -0.3 is 4.74 Å². The second-order valence-corrected chi connectivity index (χ2v) is 5.49. The fraction of sp³-hybridized carbons (Fsp3) is 0.714. The van der Waals surface area contributed by atoms with Crippen molar-refractivity contribution in [2.75, 3.05) is 7.11 Å². The van der Waals surface area contributed by atoms with E-state index in [0.29, 0.717) is 17.7 Å². The van der Waals surface area contributed by atoms with Crippen LogP contribution < -0.4 is 0 Å². The zero-order valence-electron chi connectivity index (χ0n) is 11.2. The van der Waals surface area contributed by atoms with Gasteiger partial charge in [-0.1, -0.05) is 24.9 Å². The van der Waals surface area contributed by atoms with Gasteiger partial charge in [0.25, 0.3) is 0 Å². The SMILES string of the molecule is CCC1CCC(c2nc(Cl)cc(COC)n2)CC1. The van der Waals surface area contributed by atoms with Crippen LogP contribution in [0.1, 0.15) is 56.5 Å². The first-order valence-electron chi connectivity index (χ1n) is 6.75. The maximum Gasteiger partial charge on any atom is 0.133 e. The van der Waals surface area contributed by atoms with Crippen molar-refractivity contribution in [1.29, 1.82) is 0 Å². The predicted octanol–water partition coefficient (Wildman–Crippen LogP) is 3.96. The fourth-order valence-corrected chi connectivity index (χ4v) is 2.93. The Morgan fingerprint density at radius 1 is 1.28 bits per heavy atom. The van der Waals surface area contributed by atoms with Gasteiger partial charge in [-0.25, -0.2) is 9.97 Å². The Balaban J connectivity index is 2.08. The van der Waals surface area contributed by atoms with Gasteiger partial charge in [0.1, 0.15) is 11.0 Å². The van der Waals surface area contributed by atoms with E-state index in [-0.39, 0.29) is 0 Å². The summed E-state index contributed by atoms with van der Waals surface area (Å²) in [5, 5.41) is 0.532. The van der Waals surface area contributed by atoms with E-state index in [4.69, 9.17) is 16.3 Å². The lowest BCUT2D eigenvalue weighted by Crippen LogP contribution is -2.15. The van der Waals surface area contributed by atoms with Crippen LogP contribution in [-0.4, -0.2) is 17.1 Å². The summed E-state index contributed by atoms with van der Waals surface area (Å²) in [6.45, 7) is 2.77. The molecule has 1 fully saturated rings. The average Bonchev–Trinajstić information content (AvgIpc) is 2.38. The summed E-state index contributed by atoms with van der Waals surface area (Å²) in [6.07, 6.45) is 6.24. The van der Waals surface area contributed by atoms with Crippen LogP contribution in [-0.2, 0) is 11.3 Å². The second-order valence-electron chi connectivity index (χ2n) is 5.10. The van der Waals surface area contributed by atoms with E-state index in [9.17, 15) is 0 Å². The van der Waals surface area contributed by atoms with Gasteiger partial charge in [-0.3, -0.25) is 0 Å². The molecular formula is C14H21ClN2O. The van der Waals surface area contributed by atoms with E-state index in [1.807, 2.05) is 0 Å². The van der Waals surface area contributed by atoms with E-state index in [0.717, 1.165) is 17.4 Å². The Bertz CT molecular complexity index is 389. The Kier molecular flexibility index (Phi) is 4.95. The zero-order chi connectivity index (χ0) is 13.0. The molecule has 0 unspecified atom stereocenters. The number of halogens is 1. The van der Waals surface area contributed by atoms with E-state index in [1.165, 1.54) is 32.1 Å². The lowest BCUT2D eigenvalue weighted by atomic mass is 9.80. The van der Waals surface area contributed by atoms with Gasteiger partial charge in [0.05, 0.1) is 12.3 Å². The molecule has 18 heavy (non-hydrogen) atoms. The normalized spacial score (nSPS) is 24.2. The summed E-state index contributed by atoms with van der Waals surface area (Å²) >= 11 is 6.05. The minimum Gasteiger partial charge on any atom is -0.378 e. The van der Waals surface area contributed by atoms with E-state index >= 15 is 0 Å². The zero-order valence-corrected chi connectivity index (χ0v) is 11.9. The number of hydrogen-bond donors (Lipinski definition) is 0. The van der Waals surface area contributed by atoms with Crippen molar-refractivity contribution in [3.05, 3.63) is 22.7 Å². The first-order chi connectivity index (χ1) is 8.72. The molecule has 2 rings (SSSR count). The first-order valence-corrected chi connectivity index (χ1v) is 7.13. The van der Waals surface area contributed by atoms with Gasteiger partial charge in [-0.05, 0) is 37.7 Å². The van der Waals surface area contributed by atoms with Crippen molar-refractivity contribution >= 4 is 11.6 Å². The monoisotopic (exact) mass is 268 g/mol. The molecule has 0 radical (unpaired) electrons. The van der Waals surface area contributed by atoms with Gasteiger partial charge in [0, 0.05) is 13.0 Å². The number of hydrogen-bond acceptors (Lipinski definition) is 3. The number of aromatic nitrogens is 2. The highest BCUT2D eigenvalue weighted by Crippen LogP contribution is 2.35. The van der Waals surface area contributed by atoms with E-state index in [2.05, 4.69) is 16.9 Å². The van der Waals surface area contributed by atoms with Gasteiger partial charge in [0.15, 0.2) is 0 Å². The third kappa shape index (κ3) is 3.42. The minimum absolute atomic E-state index is 0.474. The van der Waals surface area contributed by atoms with Crippen molar-refractivity contribution < 1.29 is 4.74 Å². The molecule has 0 bridgehead atoms. The van der Waals surface area contributed by atoms with Crippen LogP contribution in [0, 0.1) is 5.92 Å². The van der Waals surface area contributed by atoms with Crippen molar-refractivity contribution in [2.24, 2.45) is 5.92 Å². The van der Waals surface area contributed by atoms with Crippen molar-refractivity contribution in [3.63, 3.8) is 0 Å². The molecule has 0 amide bonds. The highest BCUT2D eigenvalue weighted by atomic mass is 35.5. The Morgan fingerprint density at radius 3 is 2.61 bits per heavy atom. The molecule has 1 aliphatic rings. The third-order valence-electron chi connectivity index (χ3n) is 3.85. The molecule has 1 aromatic heterocycles. The molecule has 1 aromatic rings. The Hall–Kier alpha value is -0.670. The number of methoxy groups -OCH3 is 1. The Labute approximate surface area is 114 Å². The number of nitrogens with zero attached hydrogens (tertiary/aromatic N) is 2.